The molecule has 2 atom stereocenters. The zero-order chi connectivity index (χ0) is 22.5. The number of hydrogen-bond acceptors (Lipinski definition) is 0. The van der Waals surface area contributed by atoms with Gasteiger partial charge < -0.3 is 0 Å². The Bertz CT molecular complexity index is 996. The Morgan fingerprint density at radius 1 is 0.848 bits per heavy atom. The number of allylic oxidation sites excluding steroid dienone is 6. The highest BCUT2D eigenvalue weighted by atomic mass is 31.1. The van der Waals surface area contributed by atoms with E-state index in [0.29, 0.717) is 5.66 Å². The topological polar surface area (TPSA) is 0 Å². The lowest BCUT2D eigenvalue weighted by atomic mass is 9.99. The Morgan fingerprint density at radius 3 is 2.12 bits per heavy atom. The molecule has 0 heterocycles. The molecule has 2 fully saturated rings. The minimum Gasteiger partial charge on any atom is -0.0922 e. The van der Waals surface area contributed by atoms with Gasteiger partial charge in [-0.15, -0.1) is 0 Å². The molecule has 33 heavy (non-hydrogen) atoms. The van der Waals surface area contributed by atoms with Gasteiger partial charge in [0.15, 0.2) is 0 Å². The summed E-state index contributed by atoms with van der Waals surface area (Å²) in [5.74, 6) is 0. The molecule has 1 aromatic carbocycles. The lowest BCUT2D eigenvalue weighted by molar-refractivity contribution is 0.482. The smallest absolute Gasteiger partial charge is 0.0473 e. The van der Waals surface area contributed by atoms with Gasteiger partial charge in [-0.3, -0.25) is 0 Å². The third-order valence-electron chi connectivity index (χ3n) is 7.88. The highest BCUT2D eigenvalue weighted by molar-refractivity contribution is 7.74. The highest BCUT2D eigenvalue weighted by Gasteiger charge is 2.38. The van der Waals surface area contributed by atoms with Crippen LogP contribution in [0.3, 0.4) is 0 Å². The van der Waals surface area contributed by atoms with Crippen LogP contribution in [0.1, 0.15) is 77.6 Å². The summed E-state index contributed by atoms with van der Waals surface area (Å²) in [5.41, 5.74) is 14.6. The number of rotatable bonds is 7. The molecule has 2 saturated carbocycles. The van der Waals surface area contributed by atoms with Crippen molar-refractivity contribution in [2.45, 2.75) is 94.5 Å². The first kappa shape index (κ1) is 23.4. The Hall–Kier alpha value is -1.36. The van der Waals surface area contributed by atoms with Crippen LogP contribution in [0, 0.1) is 6.42 Å². The molecule has 4 aliphatic carbocycles. The van der Waals surface area contributed by atoms with Crippen molar-refractivity contribution in [1.29, 1.82) is 0 Å². The van der Waals surface area contributed by atoms with Gasteiger partial charge in [0, 0.05) is 23.0 Å². The van der Waals surface area contributed by atoms with E-state index >= 15 is 0 Å². The molecule has 171 valence electrons. The van der Waals surface area contributed by atoms with Gasteiger partial charge in [-0.1, -0.05) is 113 Å². The second-order valence-corrected chi connectivity index (χ2v) is 15.3. The van der Waals surface area contributed by atoms with Crippen molar-refractivity contribution in [3.63, 3.8) is 0 Å². The lowest BCUT2D eigenvalue weighted by Crippen LogP contribution is -2.26. The van der Waals surface area contributed by atoms with E-state index < -0.39 is 7.92 Å². The van der Waals surface area contributed by atoms with Crippen molar-refractivity contribution >= 4 is 21.1 Å². The minimum absolute atomic E-state index is 0.0382. The van der Waals surface area contributed by atoms with Gasteiger partial charge in [0.2, 0.25) is 0 Å². The molecule has 0 saturated heterocycles. The summed E-state index contributed by atoms with van der Waals surface area (Å²) in [5, 5.41) is 4.40. The van der Waals surface area contributed by atoms with Crippen LogP contribution in [0.25, 0.3) is 0 Å². The van der Waals surface area contributed by atoms with E-state index in [4.69, 9.17) is 0 Å². The van der Waals surface area contributed by atoms with Gasteiger partial charge in [0.05, 0.1) is 0 Å². The van der Waals surface area contributed by atoms with Crippen LogP contribution in [0.5, 0.6) is 0 Å². The Labute approximate surface area is 203 Å². The van der Waals surface area contributed by atoms with E-state index in [1.54, 1.807) is 0 Å². The molecule has 0 N–H and O–H groups in total. The first-order valence-electron chi connectivity index (χ1n) is 13.2. The first-order chi connectivity index (χ1) is 16.3. The molecular weight excluding hydrogens is 434 g/mol. The fourth-order valence-electron chi connectivity index (χ4n) is 6.28. The summed E-state index contributed by atoms with van der Waals surface area (Å²) in [7, 11) is -0.612. The van der Waals surface area contributed by atoms with Gasteiger partial charge in [-0.25, -0.2) is 0 Å². The zero-order valence-electron chi connectivity index (χ0n) is 20.1. The van der Waals surface area contributed by atoms with Crippen molar-refractivity contribution in [1.82, 2.24) is 0 Å². The van der Waals surface area contributed by atoms with E-state index in [0.717, 1.165) is 17.7 Å². The van der Waals surface area contributed by atoms with Crippen molar-refractivity contribution < 1.29 is 0 Å². The fourth-order valence-corrected chi connectivity index (χ4v) is 13.2. The van der Waals surface area contributed by atoms with Crippen LogP contribution in [0.15, 0.2) is 82.0 Å². The molecule has 0 spiro atoms. The Kier molecular flexibility index (Phi) is 8.06. The summed E-state index contributed by atoms with van der Waals surface area (Å²) < 4.78 is 0. The van der Waals surface area contributed by atoms with Crippen molar-refractivity contribution in [2.75, 3.05) is 0 Å². The van der Waals surface area contributed by atoms with E-state index in [1.165, 1.54) is 85.7 Å². The molecule has 1 radical (unpaired) electrons. The molecule has 2 heteroatoms. The van der Waals surface area contributed by atoms with Gasteiger partial charge in [0.25, 0.3) is 0 Å². The number of benzene rings is 1. The molecular formula is C31H37P2. The lowest BCUT2D eigenvalue weighted by Gasteiger charge is -2.42. The van der Waals surface area contributed by atoms with Crippen LogP contribution in [-0.4, -0.2) is 17.0 Å². The number of hydrogen-bond donors (Lipinski definition) is 0. The summed E-state index contributed by atoms with van der Waals surface area (Å²) in [6.45, 7) is 2.56. The van der Waals surface area contributed by atoms with Crippen molar-refractivity contribution in [3.8, 4) is 0 Å². The third kappa shape index (κ3) is 5.33. The van der Waals surface area contributed by atoms with Gasteiger partial charge in [-0.2, -0.15) is 0 Å². The first-order valence-corrected chi connectivity index (χ1v) is 16.0. The normalized spacial score (nSPS) is 23.4. The Morgan fingerprint density at radius 2 is 1.52 bits per heavy atom. The fraction of sp³-hybridized carbons (Fsp3) is 0.484. The van der Waals surface area contributed by atoms with Crippen molar-refractivity contribution in [2.24, 2.45) is 0 Å². The SMILES string of the molecule is C[C@H](C1=C=C=C=C1P(C1=C[CH]C=CC1)c1ccccc1)P(C1CCCCC1)C1CCCCC1. The second-order valence-electron chi connectivity index (χ2n) is 10.00. The molecule has 1 aromatic rings. The summed E-state index contributed by atoms with van der Waals surface area (Å²) >= 11 is 0. The van der Waals surface area contributed by atoms with E-state index in [1.807, 2.05) is 0 Å². The molecule has 0 aliphatic heterocycles. The molecule has 1 unspecified atom stereocenters. The Balaban J connectivity index is 1.47. The van der Waals surface area contributed by atoms with Gasteiger partial charge in [0.1, 0.15) is 0 Å². The van der Waals surface area contributed by atoms with Crippen LogP contribution in [0.4, 0.5) is 0 Å². The quantitative estimate of drug-likeness (QED) is 0.275. The molecule has 5 rings (SSSR count). The predicted octanol–water partition coefficient (Wildman–Crippen LogP) is 9.11. The molecule has 4 aliphatic rings. The molecule has 0 aromatic heterocycles. The molecule has 0 bridgehead atoms. The maximum atomic E-state index is 3.65. The van der Waals surface area contributed by atoms with Crippen LogP contribution < -0.4 is 5.30 Å². The van der Waals surface area contributed by atoms with Crippen LogP contribution >= 0.6 is 15.8 Å². The van der Waals surface area contributed by atoms with Crippen LogP contribution in [-0.2, 0) is 0 Å². The summed E-state index contributed by atoms with van der Waals surface area (Å²) in [4.78, 5) is 0. The second kappa shape index (κ2) is 11.4. The third-order valence-corrected chi connectivity index (χ3v) is 14.3. The monoisotopic (exact) mass is 471 g/mol. The largest absolute Gasteiger partial charge is 0.0922 e. The van der Waals surface area contributed by atoms with Crippen LogP contribution in [0.2, 0.25) is 0 Å². The van der Waals surface area contributed by atoms with E-state index in [2.05, 4.69) is 79.1 Å². The van der Waals surface area contributed by atoms with E-state index in [9.17, 15) is 0 Å². The maximum absolute atomic E-state index is 3.65. The summed E-state index contributed by atoms with van der Waals surface area (Å²) in [6, 6.07) is 11.2. The standard InChI is InChI=1S/C31H37P2/c1-25(32(26-15-6-2-7-16-26)27-17-8-3-9-18-27)30-23-14-24-31(30)33(28-19-10-4-11-20-28)29-21-12-5-13-22-29/h4-5,10-13,19-21,25-27H,2-3,6-9,15-18,22H2,1H3/t25-,33?/m1/s1. The van der Waals surface area contributed by atoms with Gasteiger partial charge >= 0.3 is 0 Å². The highest BCUT2D eigenvalue weighted by Crippen LogP contribution is 2.64. The van der Waals surface area contributed by atoms with Crippen molar-refractivity contribution in [3.05, 3.63) is 88.4 Å². The molecule has 0 amide bonds. The zero-order valence-corrected chi connectivity index (χ0v) is 21.9. The predicted molar refractivity (Wildman–Crippen MR) is 147 cm³/mol. The average molecular weight is 472 g/mol. The average Bonchev–Trinajstić information content (AvgIpc) is 3.36. The minimum atomic E-state index is -0.574. The molecule has 0 nitrogen and oxygen atoms in total. The maximum Gasteiger partial charge on any atom is 0.0473 e. The van der Waals surface area contributed by atoms with E-state index in [-0.39, 0.29) is 7.92 Å². The summed E-state index contributed by atoms with van der Waals surface area (Å²) in [6.07, 6.45) is 24.7. The van der Waals surface area contributed by atoms with Gasteiger partial charge in [-0.05, 0) is 67.7 Å².